The summed E-state index contributed by atoms with van der Waals surface area (Å²) in [6, 6.07) is 22.9. The van der Waals surface area contributed by atoms with Gasteiger partial charge in [0, 0.05) is 16.8 Å². The van der Waals surface area contributed by atoms with Crippen LogP contribution in [0.25, 0.3) is 17.1 Å². The third-order valence-corrected chi connectivity index (χ3v) is 5.14. The SMILES string of the molecule is COc1cccc(-c2nc(OCC(C)C)nn2-c2ccc(NC(=O)c3ccc(C)cc3)cc2)c1. The second kappa shape index (κ2) is 10.2. The minimum Gasteiger partial charge on any atom is -0.497 e. The Bertz CT molecular complexity index is 1260. The molecule has 0 bridgehead atoms. The highest BCUT2D eigenvalue weighted by atomic mass is 16.5. The molecule has 0 aliphatic carbocycles. The number of amides is 1. The topological polar surface area (TPSA) is 78.3 Å². The lowest BCUT2D eigenvalue weighted by atomic mass is 10.1. The molecule has 0 radical (unpaired) electrons. The number of aromatic nitrogens is 3. The lowest BCUT2D eigenvalue weighted by Gasteiger charge is -2.09. The summed E-state index contributed by atoms with van der Waals surface area (Å²) in [5.41, 5.74) is 4.05. The van der Waals surface area contributed by atoms with Gasteiger partial charge in [-0.2, -0.15) is 4.98 Å². The first kappa shape index (κ1) is 23.0. The molecule has 4 rings (SSSR count). The van der Waals surface area contributed by atoms with Crippen molar-refractivity contribution in [1.29, 1.82) is 0 Å². The Hall–Kier alpha value is -4.13. The van der Waals surface area contributed by atoms with Crippen LogP contribution in [-0.2, 0) is 0 Å². The van der Waals surface area contributed by atoms with Crippen LogP contribution >= 0.6 is 0 Å². The van der Waals surface area contributed by atoms with Gasteiger partial charge in [0.25, 0.3) is 5.91 Å². The molecule has 4 aromatic rings. The molecule has 0 aliphatic rings. The van der Waals surface area contributed by atoms with Gasteiger partial charge >= 0.3 is 6.01 Å². The Balaban J connectivity index is 1.61. The van der Waals surface area contributed by atoms with Crippen molar-refractivity contribution >= 4 is 11.6 Å². The van der Waals surface area contributed by atoms with Gasteiger partial charge in [0.2, 0.25) is 0 Å². The predicted molar refractivity (Wildman–Crippen MR) is 133 cm³/mol. The molecule has 1 amide bonds. The van der Waals surface area contributed by atoms with E-state index in [9.17, 15) is 4.79 Å². The summed E-state index contributed by atoms with van der Waals surface area (Å²) in [6.07, 6.45) is 0. The Morgan fingerprint density at radius 3 is 2.44 bits per heavy atom. The Labute approximate surface area is 199 Å². The standard InChI is InChI=1S/C27H28N4O3/c1-18(2)17-34-27-29-25(21-6-5-7-24(16-21)33-4)31(30-27)23-14-12-22(13-15-23)28-26(32)20-10-8-19(3)9-11-20/h5-16,18H,17H2,1-4H3,(H,28,32). The normalized spacial score (nSPS) is 10.9. The highest BCUT2D eigenvalue weighted by Gasteiger charge is 2.16. The minimum atomic E-state index is -0.157. The number of hydrogen-bond donors (Lipinski definition) is 1. The maximum absolute atomic E-state index is 12.5. The molecule has 0 fully saturated rings. The van der Waals surface area contributed by atoms with Crippen molar-refractivity contribution in [3.8, 4) is 28.8 Å². The maximum Gasteiger partial charge on any atom is 0.336 e. The summed E-state index contributed by atoms with van der Waals surface area (Å²) < 4.78 is 12.9. The first-order chi connectivity index (χ1) is 16.4. The molecule has 0 unspecified atom stereocenters. The summed E-state index contributed by atoms with van der Waals surface area (Å²) >= 11 is 0. The van der Waals surface area contributed by atoms with Gasteiger partial charge in [-0.15, -0.1) is 5.10 Å². The van der Waals surface area contributed by atoms with Crippen molar-refractivity contribution < 1.29 is 14.3 Å². The number of nitrogens with zero attached hydrogens (tertiary/aromatic N) is 3. The molecule has 3 aromatic carbocycles. The minimum absolute atomic E-state index is 0.157. The zero-order valence-electron chi connectivity index (χ0n) is 19.8. The number of rotatable bonds is 8. The predicted octanol–water partition coefficient (Wildman–Crippen LogP) is 5.54. The van der Waals surface area contributed by atoms with E-state index in [4.69, 9.17) is 9.47 Å². The van der Waals surface area contributed by atoms with E-state index in [0.717, 1.165) is 22.6 Å². The summed E-state index contributed by atoms with van der Waals surface area (Å²) in [4.78, 5) is 17.2. The smallest absolute Gasteiger partial charge is 0.336 e. The van der Waals surface area contributed by atoms with Crippen molar-refractivity contribution in [3.05, 3.63) is 83.9 Å². The molecule has 0 saturated carbocycles. The highest BCUT2D eigenvalue weighted by Crippen LogP contribution is 2.27. The summed E-state index contributed by atoms with van der Waals surface area (Å²) in [7, 11) is 1.63. The molecular weight excluding hydrogens is 428 g/mol. The Morgan fingerprint density at radius 2 is 1.76 bits per heavy atom. The van der Waals surface area contributed by atoms with Crippen molar-refractivity contribution in [2.75, 3.05) is 19.0 Å². The Kier molecular flexibility index (Phi) is 6.92. The largest absolute Gasteiger partial charge is 0.497 e. The quantitative estimate of drug-likeness (QED) is 0.377. The van der Waals surface area contributed by atoms with Crippen molar-refractivity contribution in [1.82, 2.24) is 14.8 Å². The van der Waals surface area contributed by atoms with Gasteiger partial charge in [-0.05, 0) is 61.4 Å². The number of nitrogens with one attached hydrogen (secondary N) is 1. The lowest BCUT2D eigenvalue weighted by molar-refractivity contribution is 0.102. The van der Waals surface area contributed by atoms with E-state index in [0.29, 0.717) is 35.6 Å². The first-order valence-electron chi connectivity index (χ1n) is 11.2. The van der Waals surface area contributed by atoms with Crippen LogP contribution in [0.15, 0.2) is 72.8 Å². The number of methoxy groups -OCH3 is 1. The summed E-state index contributed by atoms with van der Waals surface area (Å²) in [5.74, 6) is 1.55. The second-order valence-electron chi connectivity index (χ2n) is 8.43. The first-order valence-corrected chi connectivity index (χ1v) is 11.2. The van der Waals surface area contributed by atoms with Gasteiger partial charge < -0.3 is 14.8 Å². The van der Waals surface area contributed by atoms with Gasteiger partial charge in [0.1, 0.15) is 5.75 Å². The molecule has 7 heteroatoms. The lowest BCUT2D eigenvalue weighted by Crippen LogP contribution is -2.11. The van der Waals surface area contributed by atoms with Gasteiger partial charge in [-0.25, -0.2) is 4.68 Å². The van der Waals surface area contributed by atoms with Gasteiger partial charge in [-0.1, -0.05) is 43.7 Å². The van der Waals surface area contributed by atoms with Crippen LogP contribution in [0, 0.1) is 12.8 Å². The fourth-order valence-corrected chi connectivity index (χ4v) is 3.32. The molecule has 1 N–H and O–H groups in total. The molecular formula is C27H28N4O3. The number of benzene rings is 3. The fourth-order valence-electron chi connectivity index (χ4n) is 3.32. The number of carbonyl (C=O) groups is 1. The van der Waals surface area contributed by atoms with E-state index < -0.39 is 0 Å². The molecule has 0 saturated heterocycles. The van der Waals surface area contributed by atoms with Crippen LogP contribution in [0.1, 0.15) is 29.8 Å². The third-order valence-electron chi connectivity index (χ3n) is 5.14. The van der Waals surface area contributed by atoms with Crippen LogP contribution in [0.4, 0.5) is 5.69 Å². The average molecular weight is 457 g/mol. The third kappa shape index (κ3) is 5.43. The number of anilines is 1. The van der Waals surface area contributed by atoms with Gasteiger partial charge in [0.05, 0.1) is 19.4 Å². The average Bonchev–Trinajstić information content (AvgIpc) is 3.28. The molecule has 0 spiro atoms. The van der Waals surface area contributed by atoms with Crippen molar-refractivity contribution in [2.45, 2.75) is 20.8 Å². The van der Waals surface area contributed by atoms with E-state index in [1.54, 1.807) is 11.8 Å². The van der Waals surface area contributed by atoms with E-state index in [-0.39, 0.29) is 5.91 Å². The number of carbonyl (C=O) groups excluding carboxylic acids is 1. The molecule has 7 nitrogen and oxygen atoms in total. The highest BCUT2D eigenvalue weighted by molar-refractivity contribution is 6.04. The Morgan fingerprint density at radius 1 is 1.03 bits per heavy atom. The van der Waals surface area contributed by atoms with Crippen LogP contribution in [0.3, 0.4) is 0 Å². The van der Waals surface area contributed by atoms with Crippen molar-refractivity contribution in [3.63, 3.8) is 0 Å². The van der Waals surface area contributed by atoms with E-state index in [1.807, 2.05) is 79.7 Å². The zero-order chi connectivity index (χ0) is 24.1. The molecule has 0 aliphatic heterocycles. The fraction of sp³-hybridized carbons (Fsp3) is 0.222. The summed E-state index contributed by atoms with van der Waals surface area (Å²) in [6.45, 7) is 6.66. The molecule has 1 heterocycles. The van der Waals surface area contributed by atoms with E-state index in [1.165, 1.54) is 0 Å². The number of aryl methyl sites for hydroxylation is 1. The van der Waals surface area contributed by atoms with Gasteiger partial charge in [0.15, 0.2) is 5.82 Å². The van der Waals surface area contributed by atoms with Crippen LogP contribution < -0.4 is 14.8 Å². The van der Waals surface area contributed by atoms with E-state index in [2.05, 4.69) is 29.2 Å². The van der Waals surface area contributed by atoms with Gasteiger partial charge in [-0.3, -0.25) is 4.79 Å². The van der Waals surface area contributed by atoms with Crippen LogP contribution in [0.2, 0.25) is 0 Å². The molecule has 1 aromatic heterocycles. The van der Waals surface area contributed by atoms with Crippen LogP contribution in [-0.4, -0.2) is 34.4 Å². The number of ether oxygens (including phenoxy) is 2. The molecule has 0 atom stereocenters. The molecule has 174 valence electrons. The summed E-state index contributed by atoms with van der Waals surface area (Å²) in [5, 5.41) is 7.52. The zero-order valence-corrected chi connectivity index (χ0v) is 19.8. The molecule has 34 heavy (non-hydrogen) atoms. The van der Waals surface area contributed by atoms with Crippen molar-refractivity contribution in [2.24, 2.45) is 5.92 Å². The number of hydrogen-bond acceptors (Lipinski definition) is 5. The van der Waals surface area contributed by atoms with Crippen LogP contribution in [0.5, 0.6) is 11.8 Å². The second-order valence-corrected chi connectivity index (χ2v) is 8.43. The van der Waals surface area contributed by atoms with E-state index >= 15 is 0 Å². The maximum atomic E-state index is 12.5. The monoisotopic (exact) mass is 456 g/mol.